The van der Waals surface area contributed by atoms with Crippen molar-refractivity contribution in [3.63, 3.8) is 0 Å². The number of benzene rings is 2. The number of carbonyl (C=O) groups is 1. The Morgan fingerprint density at radius 1 is 0.806 bits per heavy atom. The Labute approximate surface area is 193 Å². The number of hydrogen-bond donors (Lipinski definition) is 0. The molecule has 31 heavy (non-hydrogen) atoms. The fraction of sp³-hybridized carbons (Fsp3) is 0.464. The average Bonchev–Trinajstić information content (AvgIpc) is 2.81. The van der Waals surface area contributed by atoms with Crippen molar-refractivity contribution in [1.29, 1.82) is 0 Å². The standard InChI is InChI=1S/C28H38O2S/c1-3-4-5-6-7-8-9-10-11-12-23-30-26-18-16-25(17-19-26)28(29)22-15-24-13-20-27(31-2)21-14-24/h13-22H,3-12,23H2,1-2H3. The molecule has 0 spiro atoms. The summed E-state index contributed by atoms with van der Waals surface area (Å²) < 4.78 is 5.83. The average molecular weight is 439 g/mol. The Kier molecular flexibility index (Phi) is 12.8. The highest BCUT2D eigenvalue weighted by atomic mass is 32.2. The number of allylic oxidation sites excluding steroid dienone is 1. The van der Waals surface area contributed by atoms with Crippen LogP contribution in [0.2, 0.25) is 0 Å². The summed E-state index contributed by atoms with van der Waals surface area (Å²) in [4.78, 5) is 13.6. The number of rotatable bonds is 16. The number of carbonyl (C=O) groups excluding carboxylic acids is 1. The number of hydrogen-bond acceptors (Lipinski definition) is 3. The van der Waals surface area contributed by atoms with Crippen LogP contribution in [0, 0.1) is 0 Å². The van der Waals surface area contributed by atoms with Crippen molar-refractivity contribution in [1.82, 2.24) is 0 Å². The van der Waals surface area contributed by atoms with Crippen LogP contribution in [-0.4, -0.2) is 18.6 Å². The Balaban J connectivity index is 1.60. The molecule has 0 aliphatic heterocycles. The third kappa shape index (κ3) is 10.7. The Morgan fingerprint density at radius 3 is 1.97 bits per heavy atom. The van der Waals surface area contributed by atoms with Crippen molar-refractivity contribution >= 4 is 23.6 Å². The molecule has 0 N–H and O–H groups in total. The van der Waals surface area contributed by atoms with Crippen LogP contribution < -0.4 is 4.74 Å². The first-order valence-corrected chi connectivity index (χ1v) is 13.0. The van der Waals surface area contributed by atoms with E-state index < -0.39 is 0 Å². The van der Waals surface area contributed by atoms with Gasteiger partial charge in [0.05, 0.1) is 6.61 Å². The highest BCUT2D eigenvalue weighted by Crippen LogP contribution is 2.17. The van der Waals surface area contributed by atoms with Gasteiger partial charge in [0, 0.05) is 10.5 Å². The van der Waals surface area contributed by atoms with E-state index in [1.165, 1.54) is 62.7 Å². The van der Waals surface area contributed by atoms with E-state index >= 15 is 0 Å². The van der Waals surface area contributed by atoms with Crippen LogP contribution in [0.4, 0.5) is 0 Å². The third-order valence-electron chi connectivity index (χ3n) is 5.45. The molecule has 2 rings (SSSR count). The van der Waals surface area contributed by atoms with Crippen molar-refractivity contribution in [3.05, 3.63) is 65.7 Å². The predicted octanol–water partition coefficient (Wildman–Crippen LogP) is 8.60. The van der Waals surface area contributed by atoms with Crippen LogP contribution in [-0.2, 0) is 0 Å². The van der Waals surface area contributed by atoms with E-state index in [4.69, 9.17) is 4.74 Å². The summed E-state index contributed by atoms with van der Waals surface area (Å²) in [5.41, 5.74) is 1.71. The zero-order chi connectivity index (χ0) is 22.2. The van der Waals surface area contributed by atoms with Crippen molar-refractivity contribution in [2.24, 2.45) is 0 Å². The van der Waals surface area contributed by atoms with Crippen LogP contribution in [0.25, 0.3) is 6.08 Å². The number of ether oxygens (including phenoxy) is 1. The van der Waals surface area contributed by atoms with Gasteiger partial charge in [-0.1, -0.05) is 82.9 Å². The van der Waals surface area contributed by atoms with E-state index in [0.717, 1.165) is 24.3 Å². The Morgan fingerprint density at radius 2 is 1.39 bits per heavy atom. The minimum absolute atomic E-state index is 0.00943. The minimum Gasteiger partial charge on any atom is -0.494 e. The van der Waals surface area contributed by atoms with Crippen LogP contribution in [0.1, 0.15) is 87.1 Å². The van der Waals surface area contributed by atoms with Gasteiger partial charge in [0.15, 0.2) is 5.78 Å². The summed E-state index contributed by atoms with van der Waals surface area (Å²) >= 11 is 1.71. The molecule has 168 valence electrons. The quantitative estimate of drug-likeness (QED) is 0.114. The van der Waals surface area contributed by atoms with Gasteiger partial charge in [0.2, 0.25) is 0 Å². The highest BCUT2D eigenvalue weighted by molar-refractivity contribution is 7.98. The maximum atomic E-state index is 12.4. The lowest BCUT2D eigenvalue weighted by Gasteiger charge is -2.07. The normalized spacial score (nSPS) is 11.2. The molecule has 0 saturated heterocycles. The maximum Gasteiger partial charge on any atom is 0.185 e. The SMILES string of the molecule is CCCCCCCCCCCCOc1ccc(C(=O)C=Cc2ccc(SC)cc2)cc1. The number of unbranched alkanes of at least 4 members (excludes halogenated alkanes) is 9. The van der Waals surface area contributed by atoms with Crippen molar-refractivity contribution < 1.29 is 9.53 Å². The van der Waals surface area contributed by atoms with Gasteiger partial charge in [-0.05, 0) is 60.7 Å². The fourth-order valence-electron chi connectivity index (χ4n) is 3.48. The first kappa shape index (κ1) is 25.3. The van der Waals surface area contributed by atoms with E-state index in [1.807, 2.05) is 42.5 Å². The van der Waals surface area contributed by atoms with Crippen LogP contribution in [0.3, 0.4) is 0 Å². The molecule has 0 radical (unpaired) electrons. The summed E-state index contributed by atoms with van der Waals surface area (Å²) in [7, 11) is 0. The molecule has 2 nitrogen and oxygen atoms in total. The summed E-state index contributed by atoms with van der Waals surface area (Å²) in [6, 6.07) is 15.7. The second-order valence-electron chi connectivity index (χ2n) is 8.03. The number of thioether (sulfide) groups is 1. The molecule has 0 bridgehead atoms. The smallest absolute Gasteiger partial charge is 0.185 e. The molecular weight excluding hydrogens is 400 g/mol. The third-order valence-corrected chi connectivity index (χ3v) is 6.19. The van der Waals surface area contributed by atoms with Gasteiger partial charge in [-0.2, -0.15) is 0 Å². The van der Waals surface area contributed by atoms with E-state index in [1.54, 1.807) is 17.8 Å². The van der Waals surface area contributed by atoms with Crippen molar-refractivity contribution in [2.45, 2.75) is 76.0 Å². The Hall–Kier alpha value is -2.00. The predicted molar refractivity (Wildman–Crippen MR) is 135 cm³/mol. The summed E-state index contributed by atoms with van der Waals surface area (Å²) in [5.74, 6) is 0.847. The molecule has 0 heterocycles. The topological polar surface area (TPSA) is 26.3 Å². The van der Waals surface area contributed by atoms with Gasteiger partial charge in [0.25, 0.3) is 0 Å². The lowest BCUT2D eigenvalue weighted by molar-refractivity contribution is 0.104. The second kappa shape index (κ2) is 15.8. The molecular formula is C28H38O2S. The van der Waals surface area contributed by atoms with Gasteiger partial charge in [-0.25, -0.2) is 0 Å². The molecule has 0 aromatic heterocycles. The largest absolute Gasteiger partial charge is 0.494 e. The van der Waals surface area contributed by atoms with Crippen LogP contribution >= 0.6 is 11.8 Å². The van der Waals surface area contributed by atoms with Crippen molar-refractivity contribution in [2.75, 3.05) is 12.9 Å². The van der Waals surface area contributed by atoms with E-state index in [0.29, 0.717) is 5.56 Å². The van der Waals surface area contributed by atoms with Gasteiger partial charge >= 0.3 is 0 Å². The summed E-state index contributed by atoms with van der Waals surface area (Å²) in [6.07, 6.45) is 18.8. The minimum atomic E-state index is 0.00943. The molecule has 2 aromatic carbocycles. The fourth-order valence-corrected chi connectivity index (χ4v) is 3.89. The maximum absolute atomic E-state index is 12.4. The monoisotopic (exact) mass is 438 g/mol. The molecule has 0 fully saturated rings. The summed E-state index contributed by atoms with van der Waals surface area (Å²) in [6.45, 7) is 3.01. The molecule has 0 saturated carbocycles. The zero-order valence-corrected chi connectivity index (χ0v) is 20.1. The second-order valence-corrected chi connectivity index (χ2v) is 8.91. The molecule has 0 unspecified atom stereocenters. The van der Waals surface area contributed by atoms with Crippen LogP contribution in [0.5, 0.6) is 5.75 Å². The molecule has 0 amide bonds. The van der Waals surface area contributed by atoms with Crippen LogP contribution in [0.15, 0.2) is 59.5 Å². The molecule has 0 aliphatic carbocycles. The van der Waals surface area contributed by atoms with E-state index in [2.05, 4.69) is 25.3 Å². The highest BCUT2D eigenvalue weighted by Gasteiger charge is 2.03. The lowest BCUT2D eigenvalue weighted by Crippen LogP contribution is -1.99. The Bertz CT molecular complexity index is 763. The van der Waals surface area contributed by atoms with E-state index in [9.17, 15) is 4.79 Å². The van der Waals surface area contributed by atoms with Gasteiger partial charge in [0.1, 0.15) is 5.75 Å². The molecule has 0 aliphatic rings. The van der Waals surface area contributed by atoms with Gasteiger partial charge < -0.3 is 4.74 Å². The first-order chi connectivity index (χ1) is 15.2. The number of ketones is 1. The first-order valence-electron chi connectivity index (χ1n) is 11.8. The van der Waals surface area contributed by atoms with Gasteiger partial charge in [-0.15, -0.1) is 11.8 Å². The zero-order valence-electron chi connectivity index (χ0n) is 19.3. The molecule has 0 atom stereocenters. The summed E-state index contributed by atoms with van der Waals surface area (Å²) in [5, 5.41) is 0. The molecule has 2 aromatic rings. The van der Waals surface area contributed by atoms with E-state index in [-0.39, 0.29) is 5.78 Å². The molecule has 3 heteroatoms. The van der Waals surface area contributed by atoms with Crippen molar-refractivity contribution in [3.8, 4) is 5.75 Å². The van der Waals surface area contributed by atoms with Gasteiger partial charge in [-0.3, -0.25) is 4.79 Å². The lowest BCUT2D eigenvalue weighted by atomic mass is 10.1.